The Hall–Kier alpha value is -3.29. The number of thioether (sulfide) groups is 1. The van der Waals surface area contributed by atoms with E-state index in [2.05, 4.69) is 48.7 Å². The summed E-state index contributed by atoms with van der Waals surface area (Å²) in [4.78, 5) is 19.9. The van der Waals surface area contributed by atoms with Crippen molar-refractivity contribution in [3.8, 4) is 0 Å². The number of carboxylic acid groups (broad SMARTS) is 1. The van der Waals surface area contributed by atoms with Crippen LogP contribution in [0, 0.1) is 0 Å². The summed E-state index contributed by atoms with van der Waals surface area (Å²) in [5, 5.41) is 11.4. The van der Waals surface area contributed by atoms with Gasteiger partial charge in [0.15, 0.2) is 5.16 Å². The highest BCUT2D eigenvalue weighted by Crippen LogP contribution is 2.31. The lowest BCUT2D eigenvalue weighted by atomic mass is 10.1. The van der Waals surface area contributed by atoms with Crippen LogP contribution < -0.4 is 0 Å². The normalized spacial score (nSPS) is 12.0. The Morgan fingerprint density at radius 3 is 2.59 bits per heavy atom. The lowest BCUT2D eigenvalue weighted by Crippen LogP contribution is -1.98. The Bertz CT molecular complexity index is 1430. The molecule has 5 aromatic rings. The Morgan fingerprint density at radius 1 is 1.06 bits per heavy atom. The van der Waals surface area contributed by atoms with Gasteiger partial charge in [0.05, 0.1) is 11.0 Å². The van der Waals surface area contributed by atoms with E-state index in [0.717, 1.165) is 43.7 Å². The van der Waals surface area contributed by atoms with Gasteiger partial charge in [0.1, 0.15) is 4.91 Å². The molecular formula is C25H18BrN3O2S. The molecule has 0 spiro atoms. The average molecular weight is 504 g/mol. The number of nitrogens with zero attached hydrogens (tertiary/aromatic N) is 2. The third-order valence-corrected chi connectivity index (χ3v) is 6.58. The molecule has 0 atom stereocenters. The summed E-state index contributed by atoms with van der Waals surface area (Å²) in [6, 6.07) is 23.9. The second-order valence-electron chi connectivity index (χ2n) is 7.33. The molecule has 0 saturated heterocycles. The van der Waals surface area contributed by atoms with E-state index in [4.69, 9.17) is 0 Å². The van der Waals surface area contributed by atoms with Crippen molar-refractivity contribution in [2.75, 3.05) is 0 Å². The van der Waals surface area contributed by atoms with Gasteiger partial charge in [-0.3, -0.25) is 0 Å². The van der Waals surface area contributed by atoms with Gasteiger partial charge in [0.25, 0.3) is 0 Å². The summed E-state index contributed by atoms with van der Waals surface area (Å²) in [6.07, 6.45) is 3.73. The van der Waals surface area contributed by atoms with E-state index in [1.807, 2.05) is 60.8 Å². The van der Waals surface area contributed by atoms with Crippen molar-refractivity contribution >= 4 is 61.7 Å². The summed E-state index contributed by atoms with van der Waals surface area (Å²) in [5.74, 6) is -0.986. The number of aliphatic carboxylic acids is 1. The fraction of sp³-hybridized carbons (Fsp3) is 0.0400. The van der Waals surface area contributed by atoms with Gasteiger partial charge < -0.3 is 14.7 Å². The molecule has 5 nitrogen and oxygen atoms in total. The molecule has 0 fully saturated rings. The van der Waals surface area contributed by atoms with Gasteiger partial charge in [-0.2, -0.15) is 0 Å². The molecule has 32 heavy (non-hydrogen) atoms. The molecule has 158 valence electrons. The molecule has 2 N–H and O–H groups in total. The Balaban J connectivity index is 1.52. The Labute approximate surface area is 196 Å². The van der Waals surface area contributed by atoms with E-state index >= 15 is 0 Å². The number of carbonyl (C=O) groups is 1. The Kier molecular flexibility index (Phi) is 5.59. The van der Waals surface area contributed by atoms with Crippen LogP contribution in [-0.4, -0.2) is 25.6 Å². The van der Waals surface area contributed by atoms with Crippen molar-refractivity contribution in [2.45, 2.75) is 11.7 Å². The van der Waals surface area contributed by atoms with Crippen molar-refractivity contribution in [1.82, 2.24) is 14.5 Å². The molecule has 0 aliphatic heterocycles. The summed E-state index contributed by atoms with van der Waals surface area (Å²) >= 11 is 4.59. The van der Waals surface area contributed by atoms with Gasteiger partial charge in [-0.15, -0.1) is 0 Å². The zero-order chi connectivity index (χ0) is 22.1. The summed E-state index contributed by atoms with van der Waals surface area (Å²) in [5.41, 5.74) is 4.77. The number of aromatic nitrogens is 3. The van der Waals surface area contributed by atoms with Gasteiger partial charge in [-0.05, 0) is 53.7 Å². The quantitative estimate of drug-likeness (QED) is 0.203. The second kappa shape index (κ2) is 8.68. The molecule has 3 aromatic carbocycles. The highest BCUT2D eigenvalue weighted by Gasteiger charge is 2.15. The van der Waals surface area contributed by atoms with E-state index in [1.54, 1.807) is 6.08 Å². The Morgan fingerprint density at radius 2 is 1.81 bits per heavy atom. The molecule has 5 rings (SSSR count). The molecule has 0 bridgehead atoms. The molecule has 0 aliphatic carbocycles. The number of benzene rings is 3. The maximum Gasteiger partial charge on any atom is 0.342 e. The predicted octanol–water partition coefficient (Wildman–Crippen LogP) is 6.55. The van der Waals surface area contributed by atoms with Crippen LogP contribution in [-0.2, 0) is 11.3 Å². The van der Waals surface area contributed by atoms with Crippen LogP contribution in [0.2, 0.25) is 0 Å². The maximum atomic E-state index is 12.0. The first-order chi connectivity index (χ1) is 15.6. The number of rotatable bonds is 6. The molecule has 0 amide bonds. The van der Waals surface area contributed by atoms with Crippen LogP contribution in [0.4, 0.5) is 0 Å². The number of hydrogen-bond donors (Lipinski definition) is 2. The van der Waals surface area contributed by atoms with Crippen molar-refractivity contribution in [3.05, 3.63) is 99.5 Å². The van der Waals surface area contributed by atoms with Crippen LogP contribution in [0.5, 0.6) is 0 Å². The standard InChI is InChI=1S/C25H18BrN3O2S/c26-18-11-9-16(10-12-18)14-29-15-17(19-5-1-4-8-22(19)29)13-23(24(30)31)32-25-27-20-6-2-3-7-21(20)28-25/h1-13,15H,14H2,(H,27,28)(H,30,31)/b23-13-. The lowest BCUT2D eigenvalue weighted by molar-refractivity contribution is -0.131. The number of carboxylic acids is 1. The fourth-order valence-electron chi connectivity index (χ4n) is 3.67. The first-order valence-electron chi connectivity index (χ1n) is 9.97. The first kappa shape index (κ1) is 20.6. The number of H-pyrrole nitrogens is 1. The van der Waals surface area contributed by atoms with Crippen molar-refractivity contribution < 1.29 is 9.90 Å². The van der Waals surface area contributed by atoms with Crippen LogP contribution in [0.1, 0.15) is 11.1 Å². The van der Waals surface area contributed by atoms with Gasteiger partial charge in [0.2, 0.25) is 0 Å². The maximum absolute atomic E-state index is 12.0. The smallest absolute Gasteiger partial charge is 0.342 e. The highest BCUT2D eigenvalue weighted by molar-refractivity contribution is 9.10. The van der Waals surface area contributed by atoms with Crippen LogP contribution >= 0.6 is 27.7 Å². The summed E-state index contributed by atoms with van der Waals surface area (Å²) < 4.78 is 3.19. The van der Waals surface area contributed by atoms with E-state index in [-0.39, 0.29) is 4.91 Å². The van der Waals surface area contributed by atoms with Gasteiger partial charge >= 0.3 is 5.97 Å². The van der Waals surface area contributed by atoms with E-state index in [1.165, 1.54) is 5.56 Å². The second-order valence-corrected chi connectivity index (χ2v) is 9.28. The number of nitrogens with one attached hydrogen (secondary N) is 1. The topological polar surface area (TPSA) is 70.9 Å². The van der Waals surface area contributed by atoms with Crippen LogP contribution in [0.3, 0.4) is 0 Å². The van der Waals surface area contributed by atoms with Gasteiger partial charge in [-0.1, -0.05) is 58.4 Å². The molecule has 0 aliphatic rings. The number of imidazole rings is 1. The molecule has 7 heteroatoms. The van der Waals surface area contributed by atoms with E-state index < -0.39 is 5.97 Å². The average Bonchev–Trinajstić information content (AvgIpc) is 3.36. The first-order valence-corrected chi connectivity index (χ1v) is 11.6. The zero-order valence-corrected chi connectivity index (χ0v) is 19.2. The SMILES string of the molecule is O=C(O)/C(=C/c1cn(Cc2ccc(Br)cc2)c2ccccc12)Sc1nc2ccccc2[nH]1. The number of halogens is 1. The van der Waals surface area contributed by atoms with Gasteiger partial charge in [0, 0.05) is 33.7 Å². The number of fused-ring (bicyclic) bond motifs is 2. The summed E-state index contributed by atoms with van der Waals surface area (Å²) in [6.45, 7) is 0.695. The van der Waals surface area contributed by atoms with Crippen molar-refractivity contribution in [3.63, 3.8) is 0 Å². The fourth-order valence-corrected chi connectivity index (χ4v) is 4.72. The predicted molar refractivity (Wildman–Crippen MR) is 133 cm³/mol. The number of aromatic amines is 1. The van der Waals surface area contributed by atoms with Crippen LogP contribution in [0.15, 0.2) is 93.5 Å². The molecular weight excluding hydrogens is 486 g/mol. The number of para-hydroxylation sites is 3. The van der Waals surface area contributed by atoms with Gasteiger partial charge in [-0.25, -0.2) is 9.78 Å². The molecule has 0 unspecified atom stereocenters. The number of hydrogen-bond acceptors (Lipinski definition) is 3. The largest absolute Gasteiger partial charge is 0.477 e. The highest BCUT2D eigenvalue weighted by atomic mass is 79.9. The summed E-state index contributed by atoms with van der Waals surface area (Å²) in [7, 11) is 0. The minimum Gasteiger partial charge on any atom is -0.477 e. The minimum atomic E-state index is -0.986. The monoisotopic (exact) mass is 503 g/mol. The van der Waals surface area contributed by atoms with Crippen molar-refractivity contribution in [1.29, 1.82) is 0 Å². The molecule has 0 saturated carbocycles. The van der Waals surface area contributed by atoms with Crippen LogP contribution in [0.25, 0.3) is 28.0 Å². The molecule has 0 radical (unpaired) electrons. The molecule has 2 aromatic heterocycles. The minimum absolute atomic E-state index is 0.204. The van der Waals surface area contributed by atoms with E-state index in [0.29, 0.717) is 11.7 Å². The van der Waals surface area contributed by atoms with Crippen molar-refractivity contribution in [2.24, 2.45) is 0 Å². The zero-order valence-electron chi connectivity index (χ0n) is 16.8. The third-order valence-electron chi connectivity index (χ3n) is 5.16. The van der Waals surface area contributed by atoms with E-state index in [9.17, 15) is 9.90 Å². The third kappa shape index (κ3) is 4.22. The lowest BCUT2D eigenvalue weighted by Gasteiger charge is -2.05. The molecule has 2 heterocycles.